The van der Waals surface area contributed by atoms with E-state index in [1.54, 1.807) is 25.1 Å². The Bertz CT molecular complexity index is 462. The molecular weight excluding hydrogens is 250 g/mol. The average Bonchev–Trinajstić information content (AvgIpc) is 2.38. The standard InChI is InChI=1S/C12H17N3O4/c1-15(2)10-7-8(3-5-13-10)11(17)14-9(4-6-16)12(18)19/h3,5,7,9,16H,4,6H2,1-2H3,(H,14,17)(H,18,19)/t9-/m1/s1. The largest absolute Gasteiger partial charge is 0.480 e. The Morgan fingerprint density at radius 2 is 2.16 bits per heavy atom. The van der Waals surface area contributed by atoms with Crippen molar-refractivity contribution < 1.29 is 19.8 Å². The smallest absolute Gasteiger partial charge is 0.326 e. The lowest BCUT2D eigenvalue weighted by atomic mass is 10.2. The minimum Gasteiger partial charge on any atom is -0.480 e. The van der Waals surface area contributed by atoms with Crippen LogP contribution in [0.1, 0.15) is 16.8 Å². The number of carbonyl (C=O) groups excluding carboxylic acids is 1. The van der Waals surface area contributed by atoms with E-state index in [-0.39, 0.29) is 13.0 Å². The normalized spacial score (nSPS) is 11.7. The number of nitrogens with zero attached hydrogens (tertiary/aromatic N) is 2. The minimum absolute atomic E-state index is 0.0350. The molecule has 1 heterocycles. The van der Waals surface area contributed by atoms with Crippen LogP contribution in [0, 0.1) is 0 Å². The van der Waals surface area contributed by atoms with Crippen LogP contribution in [-0.4, -0.2) is 53.8 Å². The summed E-state index contributed by atoms with van der Waals surface area (Å²) in [7, 11) is 3.58. The van der Waals surface area contributed by atoms with Crippen LogP contribution >= 0.6 is 0 Å². The number of aliphatic carboxylic acids is 1. The molecule has 7 nitrogen and oxygen atoms in total. The van der Waals surface area contributed by atoms with Gasteiger partial charge in [-0.05, 0) is 12.1 Å². The lowest BCUT2D eigenvalue weighted by molar-refractivity contribution is -0.139. The fourth-order valence-electron chi connectivity index (χ4n) is 1.43. The summed E-state index contributed by atoms with van der Waals surface area (Å²) in [6, 6.07) is 1.96. The van der Waals surface area contributed by atoms with Crippen molar-refractivity contribution in [2.45, 2.75) is 12.5 Å². The maximum absolute atomic E-state index is 11.9. The number of hydrogen-bond acceptors (Lipinski definition) is 5. The van der Waals surface area contributed by atoms with Gasteiger partial charge < -0.3 is 20.4 Å². The van der Waals surface area contributed by atoms with Crippen LogP contribution in [0.25, 0.3) is 0 Å². The summed E-state index contributed by atoms with van der Waals surface area (Å²) in [6.07, 6.45) is 1.44. The first kappa shape index (κ1) is 14.9. The van der Waals surface area contributed by atoms with E-state index >= 15 is 0 Å². The van der Waals surface area contributed by atoms with Crippen LogP contribution in [0.3, 0.4) is 0 Å². The quantitative estimate of drug-likeness (QED) is 0.654. The molecule has 1 aromatic heterocycles. The van der Waals surface area contributed by atoms with Crippen LogP contribution in [-0.2, 0) is 4.79 Å². The van der Waals surface area contributed by atoms with E-state index in [9.17, 15) is 9.59 Å². The van der Waals surface area contributed by atoms with E-state index in [4.69, 9.17) is 10.2 Å². The maximum atomic E-state index is 11.9. The molecule has 0 fully saturated rings. The first-order valence-electron chi connectivity index (χ1n) is 5.73. The molecule has 19 heavy (non-hydrogen) atoms. The number of amides is 1. The van der Waals surface area contributed by atoms with Crippen molar-refractivity contribution >= 4 is 17.7 Å². The summed E-state index contributed by atoms with van der Waals surface area (Å²) in [4.78, 5) is 28.6. The number of aromatic nitrogens is 1. The molecule has 1 aromatic rings. The Balaban J connectivity index is 2.82. The average molecular weight is 267 g/mol. The highest BCUT2D eigenvalue weighted by molar-refractivity contribution is 5.97. The molecule has 0 spiro atoms. The molecule has 0 aliphatic rings. The summed E-state index contributed by atoms with van der Waals surface area (Å²) in [5.41, 5.74) is 0.322. The van der Waals surface area contributed by atoms with Crippen LogP contribution in [0.5, 0.6) is 0 Å². The van der Waals surface area contributed by atoms with E-state index in [1.807, 2.05) is 0 Å². The molecule has 0 saturated carbocycles. The molecule has 3 N–H and O–H groups in total. The zero-order valence-corrected chi connectivity index (χ0v) is 10.8. The number of aliphatic hydroxyl groups is 1. The van der Waals surface area contributed by atoms with Crippen molar-refractivity contribution in [1.29, 1.82) is 0 Å². The number of rotatable bonds is 6. The molecule has 104 valence electrons. The van der Waals surface area contributed by atoms with Crippen molar-refractivity contribution in [2.24, 2.45) is 0 Å². The van der Waals surface area contributed by atoms with E-state index < -0.39 is 17.9 Å². The van der Waals surface area contributed by atoms with Crippen molar-refractivity contribution in [2.75, 3.05) is 25.6 Å². The third-order valence-corrected chi connectivity index (χ3v) is 2.49. The third-order valence-electron chi connectivity index (χ3n) is 2.49. The van der Waals surface area contributed by atoms with Gasteiger partial charge in [0.2, 0.25) is 0 Å². The lowest BCUT2D eigenvalue weighted by Crippen LogP contribution is -2.41. The van der Waals surface area contributed by atoms with Crippen molar-refractivity contribution in [3.8, 4) is 0 Å². The zero-order chi connectivity index (χ0) is 14.4. The fourth-order valence-corrected chi connectivity index (χ4v) is 1.43. The number of carboxylic acid groups (broad SMARTS) is 1. The second-order valence-corrected chi connectivity index (χ2v) is 4.17. The number of pyridine rings is 1. The van der Waals surface area contributed by atoms with Gasteiger partial charge in [0, 0.05) is 38.9 Å². The molecule has 0 unspecified atom stereocenters. The molecule has 0 bridgehead atoms. The summed E-state index contributed by atoms with van der Waals surface area (Å²) < 4.78 is 0. The molecular formula is C12H17N3O4. The molecule has 7 heteroatoms. The SMILES string of the molecule is CN(C)c1cc(C(=O)N[C@H](CCO)C(=O)O)ccn1. The van der Waals surface area contributed by atoms with Gasteiger partial charge in [0.05, 0.1) is 0 Å². The molecule has 0 aromatic carbocycles. The maximum Gasteiger partial charge on any atom is 0.326 e. The van der Waals surface area contributed by atoms with Crippen LogP contribution in [0.15, 0.2) is 18.3 Å². The molecule has 0 radical (unpaired) electrons. The van der Waals surface area contributed by atoms with Crippen LogP contribution in [0.2, 0.25) is 0 Å². The molecule has 1 amide bonds. The highest BCUT2D eigenvalue weighted by Crippen LogP contribution is 2.09. The zero-order valence-electron chi connectivity index (χ0n) is 10.8. The number of hydrogen-bond donors (Lipinski definition) is 3. The van der Waals surface area contributed by atoms with Gasteiger partial charge in [-0.1, -0.05) is 0 Å². The molecule has 0 saturated heterocycles. The molecule has 1 rings (SSSR count). The summed E-state index contributed by atoms with van der Waals surface area (Å²) in [5, 5.41) is 20.0. The monoisotopic (exact) mass is 267 g/mol. The predicted octanol–water partition coefficient (Wildman–Crippen LogP) is -0.287. The van der Waals surface area contributed by atoms with Crippen LogP contribution < -0.4 is 10.2 Å². The Morgan fingerprint density at radius 3 is 2.68 bits per heavy atom. The lowest BCUT2D eigenvalue weighted by Gasteiger charge is -2.15. The summed E-state index contributed by atoms with van der Waals surface area (Å²) in [6.45, 7) is -0.309. The Labute approximate surface area is 110 Å². The second-order valence-electron chi connectivity index (χ2n) is 4.17. The predicted molar refractivity (Wildman–Crippen MR) is 69.2 cm³/mol. The number of carboxylic acids is 1. The van der Waals surface area contributed by atoms with E-state index in [2.05, 4.69) is 10.3 Å². The van der Waals surface area contributed by atoms with Gasteiger partial charge in [0.25, 0.3) is 5.91 Å². The highest BCUT2D eigenvalue weighted by Gasteiger charge is 2.20. The van der Waals surface area contributed by atoms with Gasteiger partial charge in [0.15, 0.2) is 0 Å². The summed E-state index contributed by atoms with van der Waals surface area (Å²) in [5.74, 6) is -1.09. The Morgan fingerprint density at radius 1 is 1.47 bits per heavy atom. The van der Waals surface area contributed by atoms with Gasteiger partial charge >= 0.3 is 5.97 Å². The fraction of sp³-hybridized carbons (Fsp3) is 0.417. The number of aliphatic hydroxyl groups excluding tert-OH is 1. The number of nitrogens with one attached hydrogen (secondary N) is 1. The van der Waals surface area contributed by atoms with E-state index in [1.165, 1.54) is 12.3 Å². The van der Waals surface area contributed by atoms with Gasteiger partial charge in [0.1, 0.15) is 11.9 Å². The van der Waals surface area contributed by atoms with Crippen molar-refractivity contribution in [1.82, 2.24) is 10.3 Å². The van der Waals surface area contributed by atoms with E-state index in [0.29, 0.717) is 11.4 Å². The molecule has 0 aliphatic heterocycles. The highest BCUT2D eigenvalue weighted by atomic mass is 16.4. The van der Waals surface area contributed by atoms with Crippen LogP contribution in [0.4, 0.5) is 5.82 Å². The topological polar surface area (TPSA) is 103 Å². The van der Waals surface area contributed by atoms with Gasteiger partial charge in [-0.25, -0.2) is 9.78 Å². The van der Waals surface area contributed by atoms with Crippen molar-refractivity contribution in [3.05, 3.63) is 23.9 Å². The molecule has 0 aliphatic carbocycles. The first-order chi connectivity index (χ1) is 8.95. The second kappa shape index (κ2) is 6.69. The number of carbonyl (C=O) groups is 2. The van der Waals surface area contributed by atoms with Gasteiger partial charge in [-0.3, -0.25) is 4.79 Å². The Kier molecular flexibility index (Phi) is 5.25. The van der Waals surface area contributed by atoms with E-state index in [0.717, 1.165) is 0 Å². The number of anilines is 1. The van der Waals surface area contributed by atoms with Gasteiger partial charge in [-0.2, -0.15) is 0 Å². The molecule has 1 atom stereocenters. The third kappa shape index (κ3) is 4.22. The first-order valence-corrected chi connectivity index (χ1v) is 5.73. The minimum atomic E-state index is -1.18. The van der Waals surface area contributed by atoms with Crippen molar-refractivity contribution in [3.63, 3.8) is 0 Å². The summed E-state index contributed by atoms with van der Waals surface area (Å²) >= 11 is 0. The van der Waals surface area contributed by atoms with Gasteiger partial charge in [-0.15, -0.1) is 0 Å². The Hall–Kier alpha value is -2.15.